The van der Waals surface area contributed by atoms with E-state index in [0.717, 1.165) is 29.3 Å². The van der Waals surface area contributed by atoms with Gasteiger partial charge in [0.05, 0.1) is 28.2 Å². The number of aromatic nitrogens is 5. The summed E-state index contributed by atoms with van der Waals surface area (Å²) in [6.45, 7) is 3.49. The van der Waals surface area contributed by atoms with Crippen LogP contribution in [0.1, 0.15) is 28.3 Å². The van der Waals surface area contributed by atoms with Crippen LogP contribution in [0.2, 0.25) is 0 Å². The molecular weight excluding hydrogens is 527 g/mol. The van der Waals surface area contributed by atoms with E-state index in [4.69, 9.17) is 0 Å². The van der Waals surface area contributed by atoms with Crippen molar-refractivity contribution in [3.63, 3.8) is 0 Å². The number of halogens is 3. The molecule has 0 fully saturated rings. The highest BCUT2D eigenvalue weighted by molar-refractivity contribution is 7.90. The van der Waals surface area contributed by atoms with Crippen LogP contribution in [0.5, 0.6) is 0 Å². The SMILES string of the molecule is Cc1ccc(Cc2cnnn2-c2cc(-c3cccc(S(C)(=O)=O)c3)ccc2-n2cc(C(F)(F)F)nc2C)cc1. The van der Waals surface area contributed by atoms with Gasteiger partial charge in [0.1, 0.15) is 5.82 Å². The maximum Gasteiger partial charge on any atom is 0.434 e. The van der Waals surface area contributed by atoms with Gasteiger partial charge in [-0.25, -0.2) is 18.1 Å². The molecule has 0 bridgehead atoms. The van der Waals surface area contributed by atoms with Crippen LogP contribution in [0.25, 0.3) is 22.5 Å². The van der Waals surface area contributed by atoms with Gasteiger partial charge in [-0.05, 0) is 54.8 Å². The lowest BCUT2D eigenvalue weighted by atomic mass is 10.0. The second kappa shape index (κ2) is 9.81. The monoisotopic (exact) mass is 551 g/mol. The molecule has 11 heteroatoms. The van der Waals surface area contributed by atoms with Crippen molar-refractivity contribution in [2.75, 3.05) is 6.26 Å². The Morgan fingerprint density at radius 1 is 0.897 bits per heavy atom. The van der Waals surface area contributed by atoms with Gasteiger partial charge in [-0.1, -0.05) is 53.2 Å². The van der Waals surface area contributed by atoms with Crippen LogP contribution in [0.15, 0.2) is 84.0 Å². The van der Waals surface area contributed by atoms with E-state index in [0.29, 0.717) is 28.9 Å². The van der Waals surface area contributed by atoms with E-state index in [2.05, 4.69) is 15.3 Å². The Bertz CT molecular complexity index is 1770. The molecule has 0 spiro atoms. The summed E-state index contributed by atoms with van der Waals surface area (Å²) in [4.78, 5) is 3.88. The Kier molecular flexibility index (Phi) is 6.63. The zero-order valence-corrected chi connectivity index (χ0v) is 22.1. The van der Waals surface area contributed by atoms with Crippen molar-refractivity contribution < 1.29 is 21.6 Å². The third-order valence-electron chi connectivity index (χ3n) is 6.36. The molecule has 0 saturated heterocycles. The fourth-order valence-electron chi connectivity index (χ4n) is 4.33. The van der Waals surface area contributed by atoms with Crippen LogP contribution >= 0.6 is 0 Å². The topological polar surface area (TPSA) is 82.7 Å². The van der Waals surface area contributed by atoms with E-state index in [1.165, 1.54) is 17.6 Å². The van der Waals surface area contributed by atoms with Gasteiger partial charge in [0.2, 0.25) is 0 Å². The molecule has 0 aliphatic carbocycles. The second-order valence-corrected chi connectivity index (χ2v) is 11.4. The van der Waals surface area contributed by atoms with Gasteiger partial charge in [-0.15, -0.1) is 5.10 Å². The first-order chi connectivity index (χ1) is 18.4. The number of aryl methyl sites for hydroxylation is 2. The largest absolute Gasteiger partial charge is 0.434 e. The number of nitrogens with zero attached hydrogens (tertiary/aromatic N) is 5. The molecule has 5 rings (SSSR count). The maximum atomic E-state index is 13.5. The van der Waals surface area contributed by atoms with E-state index in [-0.39, 0.29) is 10.7 Å². The first kappa shape index (κ1) is 26.4. The highest BCUT2D eigenvalue weighted by Gasteiger charge is 2.34. The van der Waals surface area contributed by atoms with Crippen LogP contribution in [-0.4, -0.2) is 39.2 Å². The fraction of sp³-hybridized carbons (Fsp3) is 0.179. The summed E-state index contributed by atoms with van der Waals surface area (Å²) in [6.07, 6.45) is -0.423. The van der Waals surface area contributed by atoms with Crippen molar-refractivity contribution >= 4 is 9.84 Å². The van der Waals surface area contributed by atoms with Crippen LogP contribution in [0.3, 0.4) is 0 Å². The third-order valence-corrected chi connectivity index (χ3v) is 7.47. The van der Waals surface area contributed by atoms with E-state index in [1.54, 1.807) is 47.3 Å². The average molecular weight is 552 g/mol. The Balaban J connectivity index is 1.69. The first-order valence-corrected chi connectivity index (χ1v) is 13.8. The van der Waals surface area contributed by atoms with Crippen molar-refractivity contribution in [2.45, 2.75) is 31.3 Å². The number of rotatable bonds is 6. The molecule has 0 amide bonds. The fourth-order valence-corrected chi connectivity index (χ4v) is 5.00. The minimum absolute atomic E-state index is 0.149. The van der Waals surface area contributed by atoms with Crippen molar-refractivity contribution in [2.24, 2.45) is 0 Å². The van der Waals surface area contributed by atoms with Crippen molar-refractivity contribution in [1.29, 1.82) is 0 Å². The average Bonchev–Trinajstić information content (AvgIpc) is 3.51. The highest BCUT2D eigenvalue weighted by atomic mass is 32.2. The summed E-state index contributed by atoms with van der Waals surface area (Å²) < 4.78 is 67.7. The number of hydrogen-bond donors (Lipinski definition) is 0. The molecule has 200 valence electrons. The highest BCUT2D eigenvalue weighted by Crippen LogP contribution is 2.33. The molecule has 0 radical (unpaired) electrons. The minimum Gasteiger partial charge on any atom is -0.301 e. The smallest absolute Gasteiger partial charge is 0.301 e. The lowest BCUT2D eigenvalue weighted by molar-refractivity contribution is -0.141. The van der Waals surface area contributed by atoms with E-state index >= 15 is 0 Å². The number of hydrogen-bond acceptors (Lipinski definition) is 5. The number of benzene rings is 3. The van der Waals surface area contributed by atoms with Crippen LogP contribution in [0, 0.1) is 13.8 Å². The van der Waals surface area contributed by atoms with Crippen molar-refractivity contribution in [3.8, 4) is 22.5 Å². The normalized spacial score (nSPS) is 12.2. The third kappa shape index (κ3) is 5.49. The molecule has 2 heterocycles. The summed E-state index contributed by atoms with van der Waals surface area (Å²) in [5, 5.41) is 8.37. The molecule has 0 aliphatic heterocycles. The molecule has 0 saturated carbocycles. The Morgan fingerprint density at radius 3 is 2.28 bits per heavy atom. The molecule has 0 atom stereocenters. The quantitative estimate of drug-likeness (QED) is 0.268. The van der Waals surface area contributed by atoms with Gasteiger partial charge in [0.15, 0.2) is 15.5 Å². The molecule has 0 aliphatic rings. The van der Waals surface area contributed by atoms with Crippen LogP contribution in [0.4, 0.5) is 13.2 Å². The molecule has 5 aromatic rings. The van der Waals surface area contributed by atoms with Gasteiger partial charge in [-0.3, -0.25) is 0 Å². The minimum atomic E-state index is -4.61. The Morgan fingerprint density at radius 2 is 1.62 bits per heavy atom. The number of imidazole rings is 1. The Labute approximate surface area is 223 Å². The molecular formula is C28H24F3N5O2S. The van der Waals surface area contributed by atoms with Gasteiger partial charge >= 0.3 is 6.18 Å². The lowest BCUT2D eigenvalue weighted by Gasteiger charge is -2.16. The van der Waals surface area contributed by atoms with E-state index in [1.807, 2.05) is 31.2 Å². The molecule has 3 aromatic carbocycles. The Hall–Kier alpha value is -4.25. The lowest BCUT2D eigenvalue weighted by Crippen LogP contribution is -2.09. The van der Waals surface area contributed by atoms with E-state index < -0.39 is 21.7 Å². The predicted octanol–water partition coefficient (Wildman–Crippen LogP) is 5.75. The maximum absolute atomic E-state index is 13.5. The first-order valence-electron chi connectivity index (χ1n) is 11.9. The predicted molar refractivity (Wildman–Crippen MR) is 141 cm³/mol. The standard InChI is InChI=1S/C28H24F3N5O2S/c1-18-7-9-20(10-8-18)13-23-16-32-34-36(23)26-15-22(21-5-4-6-24(14-21)39(3,37)38)11-12-25(26)35-17-27(28(29,30)31)33-19(35)2/h4-12,14-17H,13H2,1-3H3. The summed E-state index contributed by atoms with van der Waals surface area (Å²) in [5.41, 5.74) is 4.01. The van der Waals surface area contributed by atoms with Crippen LogP contribution in [-0.2, 0) is 22.4 Å². The van der Waals surface area contributed by atoms with Crippen LogP contribution < -0.4 is 0 Å². The summed E-state index contributed by atoms with van der Waals surface area (Å²) in [5.74, 6) is 0.149. The van der Waals surface area contributed by atoms with Gasteiger partial charge < -0.3 is 4.57 Å². The molecule has 0 N–H and O–H groups in total. The zero-order valence-electron chi connectivity index (χ0n) is 21.3. The van der Waals surface area contributed by atoms with Gasteiger partial charge in [0.25, 0.3) is 0 Å². The number of sulfone groups is 1. The summed E-state index contributed by atoms with van der Waals surface area (Å²) in [6, 6.07) is 19.6. The number of alkyl halides is 3. The summed E-state index contributed by atoms with van der Waals surface area (Å²) >= 11 is 0. The molecule has 0 unspecified atom stereocenters. The molecule has 39 heavy (non-hydrogen) atoms. The van der Waals surface area contributed by atoms with E-state index in [9.17, 15) is 21.6 Å². The van der Waals surface area contributed by atoms with Gasteiger partial charge in [0, 0.05) is 18.9 Å². The van der Waals surface area contributed by atoms with Gasteiger partial charge in [-0.2, -0.15) is 13.2 Å². The molecule has 7 nitrogen and oxygen atoms in total. The van der Waals surface area contributed by atoms with Crippen molar-refractivity contribution in [1.82, 2.24) is 24.5 Å². The summed E-state index contributed by atoms with van der Waals surface area (Å²) in [7, 11) is -3.45. The second-order valence-electron chi connectivity index (χ2n) is 9.34. The zero-order chi connectivity index (χ0) is 27.9. The molecule has 2 aromatic heterocycles. The van der Waals surface area contributed by atoms with Crippen molar-refractivity contribution in [3.05, 3.63) is 107 Å².